The molecular weight excluding hydrogens is 579 g/mol. The van der Waals surface area contributed by atoms with E-state index in [1.165, 1.54) is 18.2 Å². The van der Waals surface area contributed by atoms with E-state index in [9.17, 15) is 9.59 Å². The van der Waals surface area contributed by atoms with Gasteiger partial charge in [-0.1, -0.05) is 25.1 Å². The molecule has 1 saturated heterocycles. The zero-order chi connectivity index (χ0) is 32.0. The highest BCUT2D eigenvalue weighted by Crippen LogP contribution is 2.59. The molecule has 238 valence electrons. The topological polar surface area (TPSA) is 89.5 Å². The second kappa shape index (κ2) is 12.3. The number of methoxy groups -OCH3 is 1. The SMILES string of the molecule is COc1ccc(CSc2ccc(CB3O[C@@H]4C[C@@H]5C[C@@H](C5C)[C@]4(C)O3)c(OC(=O)OC(C)(C)C)c2C(=O)OC(C)(C)C)cc1. The average molecular weight is 625 g/mol. The van der Waals surface area contributed by atoms with E-state index in [1.54, 1.807) is 27.9 Å². The van der Waals surface area contributed by atoms with Gasteiger partial charge in [0.2, 0.25) is 0 Å². The first-order chi connectivity index (χ1) is 20.6. The van der Waals surface area contributed by atoms with Crippen LogP contribution in [-0.4, -0.2) is 49.3 Å². The minimum Gasteiger partial charge on any atom is -0.497 e. The lowest BCUT2D eigenvalue weighted by Crippen LogP contribution is -2.60. The number of esters is 1. The Morgan fingerprint density at radius 2 is 1.68 bits per heavy atom. The van der Waals surface area contributed by atoms with E-state index < -0.39 is 30.4 Å². The molecule has 5 atom stereocenters. The third-order valence-corrected chi connectivity index (χ3v) is 9.98. The number of hydrogen-bond acceptors (Lipinski definition) is 9. The van der Waals surface area contributed by atoms with Crippen molar-refractivity contribution >= 4 is 31.0 Å². The lowest BCUT2D eigenvalue weighted by Gasteiger charge is -2.58. The van der Waals surface area contributed by atoms with Gasteiger partial charge in [-0.3, -0.25) is 0 Å². The Kier molecular flexibility index (Phi) is 9.11. The monoisotopic (exact) mass is 624 g/mol. The number of carbonyl (C=O) groups excluding carboxylic acids is 2. The molecule has 0 amide bonds. The highest BCUT2D eigenvalue weighted by Gasteiger charge is 2.63. The molecule has 10 heteroatoms. The van der Waals surface area contributed by atoms with Crippen LogP contribution in [0.4, 0.5) is 4.79 Å². The number of thioether (sulfide) groups is 1. The summed E-state index contributed by atoms with van der Waals surface area (Å²) in [5, 5.41) is 0. The van der Waals surface area contributed by atoms with Crippen LogP contribution in [0.2, 0.25) is 0 Å². The fourth-order valence-electron chi connectivity index (χ4n) is 6.59. The van der Waals surface area contributed by atoms with Gasteiger partial charge in [-0.05, 0) is 108 Å². The van der Waals surface area contributed by atoms with Gasteiger partial charge in [-0.25, -0.2) is 9.59 Å². The fourth-order valence-corrected chi connectivity index (χ4v) is 7.58. The molecule has 1 heterocycles. The van der Waals surface area contributed by atoms with Crippen LogP contribution in [0.5, 0.6) is 11.5 Å². The van der Waals surface area contributed by atoms with Crippen LogP contribution < -0.4 is 9.47 Å². The van der Waals surface area contributed by atoms with E-state index in [-0.39, 0.29) is 23.0 Å². The number of rotatable bonds is 8. The van der Waals surface area contributed by atoms with Crippen molar-refractivity contribution in [3.05, 3.63) is 53.1 Å². The Labute approximate surface area is 266 Å². The predicted octanol–water partition coefficient (Wildman–Crippen LogP) is 7.68. The molecule has 2 bridgehead atoms. The van der Waals surface area contributed by atoms with Gasteiger partial charge in [-0.15, -0.1) is 11.8 Å². The van der Waals surface area contributed by atoms with Crippen molar-refractivity contribution in [1.82, 2.24) is 0 Å². The molecule has 3 aliphatic carbocycles. The van der Waals surface area contributed by atoms with Crippen LogP contribution >= 0.6 is 11.8 Å². The van der Waals surface area contributed by atoms with Gasteiger partial charge < -0.3 is 28.3 Å². The summed E-state index contributed by atoms with van der Waals surface area (Å²) in [5.41, 5.74) is -0.0806. The normalized spacial score (nSPS) is 26.0. The average Bonchev–Trinajstić information content (AvgIpc) is 3.26. The minimum atomic E-state index is -0.899. The molecular formula is C34H45BO8S. The van der Waals surface area contributed by atoms with Crippen LogP contribution in [-0.2, 0) is 30.9 Å². The lowest BCUT2D eigenvalue weighted by atomic mass is 9.51. The molecule has 4 aliphatic rings. The van der Waals surface area contributed by atoms with Crippen LogP contribution in [0.25, 0.3) is 0 Å². The maximum atomic E-state index is 13.8. The van der Waals surface area contributed by atoms with Crippen molar-refractivity contribution < 1.29 is 37.8 Å². The highest BCUT2D eigenvalue weighted by molar-refractivity contribution is 7.98. The Morgan fingerprint density at radius 1 is 1.00 bits per heavy atom. The number of carbonyl (C=O) groups is 2. The molecule has 1 aliphatic heterocycles. The Balaban J connectivity index is 1.49. The molecule has 2 aromatic rings. The second-order valence-corrected chi connectivity index (χ2v) is 15.4. The third kappa shape index (κ3) is 7.08. The summed E-state index contributed by atoms with van der Waals surface area (Å²) in [6.07, 6.45) is 1.57. The van der Waals surface area contributed by atoms with Crippen LogP contribution in [0.1, 0.15) is 89.7 Å². The summed E-state index contributed by atoms with van der Waals surface area (Å²) in [6, 6.07) is 11.5. The molecule has 1 unspecified atom stereocenters. The first kappa shape index (κ1) is 32.7. The Hall–Kier alpha value is -2.69. The summed E-state index contributed by atoms with van der Waals surface area (Å²) >= 11 is 1.46. The van der Waals surface area contributed by atoms with E-state index in [4.69, 9.17) is 28.3 Å². The van der Waals surface area contributed by atoms with E-state index in [0.717, 1.165) is 17.7 Å². The molecule has 0 N–H and O–H groups in total. The van der Waals surface area contributed by atoms with Crippen LogP contribution in [0, 0.1) is 17.8 Å². The standard InChI is InChI=1S/C34H45BO8S/c1-20-23-16-25(20)34(8)27(17-23)42-35(43-34)18-22-12-15-26(44-19-21-10-13-24(38-9)14-11-21)28(30(36)40-32(2,3)4)29(22)39-31(37)41-33(5,6)7/h10-15,20,23,25,27H,16-19H2,1-9H3/t20?,23-,25-,27+,34-/m0/s1. The molecule has 6 rings (SSSR count). The van der Waals surface area contributed by atoms with Gasteiger partial charge in [0.15, 0.2) is 5.75 Å². The maximum Gasteiger partial charge on any atom is 0.514 e. The molecule has 4 fully saturated rings. The highest BCUT2D eigenvalue weighted by atomic mass is 32.2. The first-order valence-corrected chi connectivity index (χ1v) is 16.4. The van der Waals surface area contributed by atoms with E-state index in [0.29, 0.717) is 40.3 Å². The van der Waals surface area contributed by atoms with Gasteiger partial charge in [-0.2, -0.15) is 0 Å². The molecule has 0 spiro atoms. The van der Waals surface area contributed by atoms with Crippen molar-refractivity contribution in [2.24, 2.45) is 17.8 Å². The molecule has 44 heavy (non-hydrogen) atoms. The zero-order valence-electron chi connectivity index (χ0n) is 27.4. The smallest absolute Gasteiger partial charge is 0.497 e. The lowest BCUT2D eigenvalue weighted by molar-refractivity contribution is -0.151. The minimum absolute atomic E-state index is 0.0207. The second-order valence-electron chi connectivity index (χ2n) is 14.4. The van der Waals surface area contributed by atoms with Crippen molar-refractivity contribution in [2.45, 2.75) is 108 Å². The number of ether oxygens (including phenoxy) is 4. The van der Waals surface area contributed by atoms with Gasteiger partial charge in [0.25, 0.3) is 0 Å². The zero-order valence-corrected chi connectivity index (χ0v) is 28.2. The summed E-state index contributed by atoms with van der Waals surface area (Å²) in [5.74, 6) is 2.61. The maximum absolute atomic E-state index is 13.8. The van der Waals surface area contributed by atoms with E-state index >= 15 is 0 Å². The summed E-state index contributed by atoms with van der Waals surface area (Å²) in [7, 11) is 1.09. The predicted molar refractivity (Wildman–Crippen MR) is 170 cm³/mol. The molecule has 8 nitrogen and oxygen atoms in total. The Morgan fingerprint density at radius 3 is 2.30 bits per heavy atom. The van der Waals surface area contributed by atoms with Crippen LogP contribution in [0.3, 0.4) is 0 Å². The summed E-state index contributed by atoms with van der Waals surface area (Å²) in [4.78, 5) is 27.6. The van der Waals surface area contributed by atoms with E-state index in [1.807, 2.05) is 57.2 Å². The number of hydrogen-bond donors (Lipinski definition) is 0. The van der Waals surface area contributed by atoms with Crippen molar-refractivity contribution in [1.29, 1.82) is 0 Å². The number of benzene rings is 2. The van der Waals surface area contributed by atoms with Gasteiger partial charge in [0.05, 0.1) is 18.8 Å². The van der Waals surface area contributed by atoms with Gasteiger partial charge in [0.1, 0.15) is 22.5 Å². The van der Waals surface area contributed by atoms with E-state index in [2.05, 4.69) is 13.8 Å². The molecule has 0 aromatic heterocycles. The van der Waals surface area contributed by atoms with Crippen LogP contribution in [0.15, 0.2) is 41.3 Å². The summed E-state index contributed by atoms with van der Waals surface area (Å²) in [6.45, 7) is 15.2. The largest absolute Gasteiger partial charge is 0.514 e. The quantitative estimate of drug-likeness (QED) is 0.127. The van der Waals surface area contributed by atoms with Crippen molar-refractivity contribution in [3.63, 3.8) is 0 Å². The van der Waals surface area contributed by atoms with Gasteiger partial charge in [0, 0.05) is 17.0 Å². The van der Waals surface area contributed by atoms with Crippen molar-refractivity contribution in [2.75, 3.05) is 7.11 Å². The van der Waals surface area contributed by atoms with Gasteiger partial charge >= 0.3 is 19.2 Å². The fraction of sp³-hybridized carbons (Fsp3) is 0.588. The molecule has 3 saturated carbocycles. The Bertz CT molecular complexity index is 1380. The van der Waals surface area contributed by atoms with Crippen molar-refractivity contribution in [3.8, 4) is 11.5 Å². The summed E-state index contributed by atoms with van der Waals surface area (Å²) < 4.78 is 35.7. The molecule has 2 aromatic carbocycles. The first-order valence-electron chi connectivity index (χ1n) is 15.5. The molecule has 0 radical (unpaired) electrons. The third-order valence-electron chi connectivity index (χ3n) is 8.85.